The van der Waals surface area contributed by atoms with E-state index in [1.165, 1.54) is 49.0 Å². The number of hydrogen-bond donors (Lipinski definition) is 3. The number of nitrogens with two attached hydrogens (primary N) is 1. The van der Waals surface area contributed by atoms with Crippen LogP contribution in [0, 0.1) is 0 Å². The summed E-state index contributed by atoms with van der Waals surface area (Å²) < 4.78 is 25.8. The number of ether oxygens (including phenoxy) is 5. The van der Waals surface area contributed by atoms with E-state index in [9.17, 15) is 24.0 Å². The molecule has 3 aliphatic rings. The SMILES string of the molecule is COC(OC)OC.NNCCNc1ccc(N2C[C@H](CCC(=O)c3ccc(Cl)s3)OC2=O)cc1.O=CN1CCN(c2ccc(N3C[C@H](CCC(=O)c4ccc(Cl)s4)OC3=O)cc2)C=N1. The minimum Gasteiger partial charge on any atom is -0.444 e. The topological polar surface area (TPSA) is 207 Å². The minimum absolute atomic E-state index is 0.00194. The van der Waals surface area contributed by atoms with E-state index in [4.69, 9.17) is 38.5 Å². The molecule has 5 heterocycles. The van der Waals surface area contributed by atoms with E-state index in [1.807, 2.05) is 53.4 Å². The fourth-order valence-electron chi connectivity index (χ4n) is 6.41. The van der Waals surface area contributed by atoms with Crippen molar-refractivity contribution in [1.82, 2.24) is 10.4 Å². The summed E-state index contributed by atoms with van der Waals surface area (Å²) in [5, 5.41) is 8.58. The van der Waals surface area contributed by atoms with Gasteiger partial charge in [-0.3, -0.25) is 35.5 Å². The molecule has 0 spiro atoms. The van der Waals surface area contributed by atoms with Crippen molar-refractivity contribution in [3.63, 3.8) is 0 Å². The summed E-state index contributed by atoms with van der Waals surface area (Å²) in [4.78, 5) is 65.9. The number of ketones is 2. The number of hydrazone groups is 1. The quantitative estimate of drug-likeness (QED) is 0.0214. The van der Waals surface area contributed by atoms with Crippen LogP contribution in [-0.4, -0.2) is 121 Å². The first-order valence-electron chi connectivity index (χ1n) is 20.0. The first-order valence-corrected chi connectivity index (χ1v) is 22.4. The molecule has 2 atom stereocenters. The van der Waals surface area contributed by atoms with Crippen LogP contribution in [-0.2, 0) is 28.5 Å². The Morgan fingerprint density at radius 1 is 0.766 bits per heavy atom. The van der Waals surface area contributed by atoms with Crippen LogP contribution in [0.5, 0.6) is 0 Å². The lowest BCUT2D eigenvalue weighted by Gasteiger charge is -2.26. The molecule has 2 fully saturated rings. The van der Waals surface area contributed by atoms with Gasteiger partial charge in [-0.05, 0) is 85.6 Å². The summed E-state index contributed by atoms with van der Waals surface area (Å²) in [6.45, 7) is 2.82. The lowest BCUT2D eigenvalue weighted by Crippen LogP contribution is -2.37. The molecular formula is C42H50Cl2N8O10S2. The van der Waals surface area contributed by atoms with Gasteiger partial charge in [-0.1, -0.05) is 23.2 Å². The van der Waals surface area contributed by atoms with E-state index in [1.54, 1.807) is 40.4 Å². The van der Waals surface area contributed by atoms with E-state index < -0.39 is 12.6 Å². The van der Waals surface area contributed by atoms with Gasteiger partial charge in [-0.2, -0.15) is 5.10 Å². The average Bonchev–Trinajstić information content (AvgIpc) is 4.13. The lowest BCUT2D eigenvalue weighted by atomic mass is 10.1. The van der Waals surface area contributed by atoms with Gasteiger partial charge in [-0.25, -0.2) is 14.6 Å². The highest BCUT2D eigenvalue weighted by atomic mass is 35.5. The molecule has 4 aromatic rings. The Morgan fingerprint density at radius 3 is 1.64 bits per heavy atom. The number of methoxy groups -OCH3 is 3. The molecule has 0 radical (unpaired) electrons. The molecule has 2 aromatic carbocycles. The van der Waals surface area contributed by atoms with Crippen LogP contribution in [0.3, 0.4) is 0 Å². The number of carbonyl (C=O) groups excluding carboxylic acids is 5. The summed E-state index contributed by atoms with van der Waals surface area (Å²) in [6, 6.07) is 21.8. The van der Waals surface area contributed by atoms with Gasteiger partial charge in [0.05, 0.1) is 38.1 Å². The summed E-state index contributed by atoms with van der Waals surface area (Å²) in [7, 11) is 4.53. The van der Waals surface area contributed by atoms with E-state index in [0.29, 0.717) is 89.8 Å². The number of cyclic esters (lactones) is 2. The molecule has 64 heavy (non-hydrogen) atoms. The number of amides is 3. The van der Waals surface area contributed by atoms with Gasteiger partial charge in [0, 0.05) is 76.6 Å². The zero-order valence-corrected chi connectivity index (χ0v) is 38.5. The number of benzene rings is 2. The molecule has 3 aliphatic heterocycles. The molecule has 2 aromatic heterocycles. The van der Waals surface area contributed by atoms with Crippen molar-refractivity contribution >= 4 is 105 Å². The van der Waals surface area contributed by atoms with Crippen molar-refractivity contribution in [2.75, 3.05) is 80.6 Å². The van der Waals surface area contributed by atoms with Crippen molar-refractivity contribution in [2.24, 2.45) is 10.9 Å². The molecule has 0 unspecified atom stereocenters. The molecule has 0 aliphatic carbocycles. The van der Waals surface area contributed by atoms with Crippen molar-refractivity contribution < 1.29 is 47.7 Å². The molecule has 0 saturated carbocycles. The Labute approximate surface area is 388 Å². The highest BCUT2D eigenvalue weighted by Gasteiger charge is 2.34. The monoisotopic (exact) mass is 960 g/mol. The Hall–Kier alpha value is -5.16. The molecule has 7 rings (SSSR count). The van der Waals surface area contributed by atoms with Crippen molar-refractivity contribution in [1.29, 1.82) is 0 Å². The summed E-state index contributed by atoms with van der Waals surface area (Å²) in [5.41, 5.74) is 5.92. The third kappa shape index (κ3) is 14.7. The smallest absolute Gasteiger partial charge is 0.414 e. The van der Waals surface area contributed by atoms with Crippen molar-refractivity contribution in [3.8, 4) is 0 Å². The molecule has 344 valence electrons. The van der Waals surface area contributed by atoms with Crippen LogP contribution < -0.4 is 31.3 Å². The second-order valence-electron chi connectivity index (χ2n) is 14.0. The number of thiophene rings is 2. The van der Waals surface area contributed by atoms with E-state index in [0.717, 1.165) is 22.7 Å². The van der Waals surface area contributed by atoms with Gasteiger partial charge in [-0.15, -0.1) is 22.7 Å². The fraction of sp³-hybridized carbons (Fsp3) is 0.381. The maximum absolute atomic E-state index is 12.3. The molecule has 22 heteroatoms. The number of halogens is 2. The Kier molecular flexibility index (Phi) is 19.8. The van der Waals surface area contributed by atoms with Crippen LogP contribution in [0.2, 0.25) is 8.67 Å². The molecular weight excluding hydrogens is 912 g/mol. The molecule has 2 saturated heterocycles. The zero-order chi connectivity index (χ0) is 46.0. The van der Waals surface area contributed by atoms with Crippen LogP contribution in [0.4, 0.5) is 32.3 Å². The third-order valence-electron chi connectivity index (χ3n) is 9.71. The fourth-order valence-corrected chi connectivity index (χ4v) is 8.43. The molecule has 3 amide bonds. The lowest BCUT2D eigenvalue weighted by molar-refractivity contribution is -0.252. The highest BCUT2D eigenvalue weighted by molar-refractivity contribution is 7.18. The predicted octanol–water partition coefficient (Wildman–Crippen LogP) is 7.09. The van der Waals surface area contributed by atoms with Gasteiger partial charge in [0.15, 0.2) is 11.6 Å². The van der Waals surface area contributed by atoms with Crippen LogP contribution >= 0.6 is 45.9 Å². The number of Topliss-reactive ketones (excluding diaryl/α,β-unsaturated/α-hetero) is 2. The van der Waals surface area contributed by atoms with E-state index >= 15 is 0 Å². The molecule has 4 N–H and O–H groups in total. The third-order valence-corrected chi connectivity index (χ3v) is 12.3. The summed E-state index contributed by atoms with van der Waals surface area (Å²) in [5.74, 6) is 5.25. The Bertz CT molecular complexity index is 2170. The number of nitrogens with one attached hydrogen (secondary N) is 2. The maximum Gasteiger partial charge on any atom is 0.414 e. The predicted molar refractivity (Wildman–Crippen MR) is 248 cm³/mol. The second-order valence-corrected chi connectivity index (χ2v) is 17.4. The first-order chi connectivity index (χ1) is 30.9. The standard InChI is InChI=1S/C20H19ClN4O4S.C18H21ClN4O3S.C4H10O3/c21-19-8-7-18(30-19)17(27)6-5-16-11-25(20(28)29-16)15-3-1-14(2-4-15)23-9-10-24(13-26)22-12-23;19-17-8-7-16(27-17)15(24)6-5-14-11-23(18(25)26-14)13-3-1-12(2-4-13)21-9-10-22-20;1-5-4(6-2)7-3/h1-4,7-8,12-13,16H,5-6,9-11H2;1-4,7-8,14,21-22H,5-6,9-11,20H2;4H,1-3H3/t16-;14-;/m00./s1. The molecule has 18 nitrogen and oxygen atoms in total. The summed E-state index contributed by atoms with van der Waals surface area (Å²) in [6.07, 6.45) is 2.42. The van der Waals surface area contributed by atoms with E-state index in [2.05, 4.69) is 30.1 Å². The first kappa shape index (κ1) is 49.8. The molecule has 0 bridgehead atoms. The Balaban J connectivity index is 0.000000211. The van der Waals surface area contributed by atoms with Crippen molar-refractivity contribution in [3.05, 3.63) is 91.2 Å². The number of rotatable bonds is 19. The number of hydrogen-bond acceptors (Lipinski definition) is 17. The normalized spacial score (nSPS) is 16.8. The Morgan fingerprint density at radius 2 is 1.25 bits per heavy atom. The minimum atomic E-state index is -0.514. The van der Waals surface area contributed by atoms with Crippen LogP contribution in [0.15, 0.2) is 77.9 Å². The van der Waals surface area contributed by atoms with Gasteiger partial charge in [0.25, 0.3) is 6.48 Å². The van der Waals surface area contributed by atoms with Crippen molar-refractivity contribution in [2.45, 2.75) is 44.4 Å². The number of hydrazine groups is 1. The second kappa shape index (κ2) is 25.4. The zero-order valence-electron chi connectivity index (χ0n) is 35.4. The van der Waals surface area contributed by atoms with Gasteiger partial charge in [0.1, 0.15) is 18.5 Å². The van der Waals surface area contributed by atoms with Gasteiger partial charge >= 0.3 is 12.2 Å². The van der Waals surface area contributed by atoms with E-state index in [-0.39, 0.29) is 29.9 Å². The van der Waals surface area contributed by atoms with Gasteiger partial charge in [0.2, 0.25) is 6.41 Å². The van der Waals surface area contributed by atoms with Crippen LogP contribution in [0.1, 0.15) is 45.0 Å². The maximum atomic E-state index is 12.3. The summed E-state index contributed by atoms with van der Waals surface area (Å²) >= 11 is 14.3. The average molecular weight is 962 g/mol. The number of carbonyl (C=O) groups is 5. The largest absolute Gasteiger partial charge is 0.444 e. The highest BCUT2D eigenvalue weighted by Crippen LogP contribution is 2.29. The number of anilines is 4. The van der Waals surface area contributed by atoms with Crippen LogP contribution in [0.25, 0.3) is 0 Å². The number of nitrogens with zero attached hydrogens (tertiary/aromatic N) is 5. The van der Waals surface area contributed by atoms with Gasteiger partial charge < -0.3 is 33.9 Å².